The van der Waals surface area contributed by atoms with Crippen molar-refractivity contribution in [1.82, 2.24) is 14.9 Å². The summed E-state index contributed by atoms with van der Waals surface area (Å²) in [6.45, 7) is 3.97. The number of amides is 1. The molecule has 0 aliphatic carbocycles. The minimum Gasteiger partial charge on any atom is -0.380 e. The van der Waals surface area contributed by atoms with Crippen LogP contribution in [0.5, 0.6) is 0 Å². The fraction of sp³-hybridized carbons (Fsp3) is 0.389. The number of aromatic nitrogens is 2. The van der Waals surface area contributed by atoms with E-state index in [0.29, 0.717) is 37.7 Å². The quantitative estimate of drug-likeness (QED) is 0.861. The molecule has 1 atom stereocenters. The number of carbonyl (C=O) groups is 1. The van der Waals surface area contributed by atoms with Gasteiger partial charge in [0.15, 0.2) is 5.82 Å². The topological polar surface area (TPSA) is 64.5 Å². The van der Waals surface area contributed by atoms with E-state index in [1.54, 1.807) is 18.2 Å². The average Bonchev–Trinajstić information content (AvgIpc) is 2.62. The van der Waals surface area contributed by atoms with Crippen molar-refractivity contribution in [1.29, 1.82) is 0 Å². The van der Waals surface area contributed by atoms with Gasteiger partial charge in [-0.05, 0) is 30.7 Å². The zero-order chi connectivity index (χ0) is 16.9. The summed E-state index contributed by atoms with van der Waals surface area (Å²) in [5.41, 5.74) is 2.60. The molecule has 1 aromatic heterocycles. The van der Waals surface area contributed by atoms with Gasteiger partial charge in [0.05, 0.1) is 19.8 Å². The third-order valence-corrected chi connectivity index (χ3v) is 3.97. The van der Waals surface area contributed by atoms with Crippen molar-refractivity contribution in [2.45, 2.75) is 19.6 Å². The normalized spacial score (nSPS) is 17.8. The Morgan fingerprint density at radius 3 is 2.83 bits per heavy atom. The number of hydrogen-bond acceptors (Lipinski definition) is 5. The van der Waals surface area contributed by atoms with Crippen LogP contribution in [0.3, 0.4) is 0 Å². The van der Waals surface area contributed by atoms with Crippen molar-refractivity contribution in [3.05, 3.63) is 59.2 Å². The lowest BCUT2D eigenvalue weighted by molar-refractivity contribution is -0.0268. The molecular weight excluding hydrogens is 306 g/mol. The summed E-state index contributed by atoms with van der Waals surface area (Å²) in [5.74, 6) is 0.628. The molecule has 6 heteroatoms. The predicted octanol–water partition coefficient (Wildman–Crippen LogP) is 2.15. The predicted molar refractivity (Wildman–Crippen MR) is 88.5 cm³/mol. The van der Waals surface area contributed by atoms with Crippen molar-refractivity contribution in [2.24, 2.45) is 0 Å². The zero-order valence-electron chi connectivity index (χ0n) is 13.9. The van der Waals surface area contributed by atoms with Gasteiger partial charge < -0.3 is 14.4 Å². The largest absolute Gasteiger partial charge is 0.380 e. The molecular formula is C18H21N3O3. The highest BCUT2D eigenvalue weighted by Gasteiger charge is 2.27. The number of hydrogen-bond donors (Lipinski definition) is 0. The first kappa shape index (κ1) is 16.5. The molecule has 1 saturated heterocycles. The number of rotatable bonds is 4. The summed E-state index contributed by atoms with van der Waals surface area (Å²) in [6.07, 6.45) is 1.44. The van der Waals surface area contributed by atoms with E-state index in [2.05, 4.69) is 9.97 Å². The highest BCUT2D eigenvalue weighted by atomic mass is 16.5. The number of aryl methyl sites for hydroxylation is 1. The molecule has 2 aromatic rings. The third kappa shape index (κ3) is 3.77. The first-order valence-corrected chi connectivity index (χ1v) is 7.95. The fourth-order valence-electron chi connectivity index (χ4n) is 2.71. The molecule has 0 unspecified atom stereocenters. The van der Waals surface area contributed by atoms with E-state index in [1.165, 1.54) is 0 Å². The van der Waals surface area contributed by atoms with Crippen LogP contribution in [0.15, 0.2) is 36.5 Å². The molecule has 0 radical (unpaired) electrons. The molecule has 1 aromatic carbocycles. The average molecular weight is 327 g/mol. The molecule has 126 valence electrons. The molecule has 0 N–H and O–H groups in total. The molecule has 6 nitrogen and oxygen atoms in total. The summed E-state index contributed by atoms with van der Waals surface area (Å²) in [5, 5.41) is 0. The standard InChI is InChI=1S/C18H21N3O3/c1-13-7-8-19-17(20-13)16-11-21(9-10-24-16)18(22)15-5-3-14(4-6-15)12-23-2/h3-8,16H,9-12H2,1-2H3/t16-/m1/s1. The fourth-order valence-corrected chi connectivity index (χ4v) is 2.71. The van der Waals surface area contributed by atoms with E-state index in [9.17, 15) is 4.79 Å². The number of carbonyl (C=O) groups excluding carboxylic acids is 1. The summed E-state index contributed by atoms with van der Waals surface area (Å²) < 4.78 is 10.8. The van der Waals surface area contributed by atoms with Gasteiger partial charge in [0.1, 0.15) is 6.10 Å². The zero-order valence-corrected chi connectivity index (χ0v) is 13.9. The van der Waals surface area contributed by atoms with E-state index >= 15 is 0 Å². The smallest absolute Gasteiger partial charge is 0.254 e. The van der Waals surface area contributed by atoms with Crippen molar-refractivity contribution in [3.63, 3.8) is 0 Å². The second-order valence-electron chi connectivity index (χ2n) is 5.80. The second-order valence-corrected chi connectivity index (χ2v) is 5.80. The van der Waals surface area contributed by atoms with Crippen LogP contribution in [-0.4, -0.2) is 47.6 Å². The summed E-state index contributed by atoms with van der Waals surface area (Å²) >= 11 is 0. The maximum absolute atomic E-state index is 12.7. The SMILES string of the molecule is COCc1ccc(C(=O)N2CCO[C@@H](c3nccc(C)n3)C2)cc1. The number of benzene rings is 1. The Balaban J connectivity index is 1.70. The molecule has 24 heavy (non-hydrogen) atoms. The highest BCUT2D eigenvalue weighted by Crippen LogP contribution is 2.21. The van der Waals surface area contributed by atoms with Crippen LogP contribution in [-0.2, 0) is 16.1 Å². The highest BCUT2D eigenvalue weighted by molar-refractivity contribution is 5.94. The first-order valence-electron chi connectivity index (χ1n) is 7.95. The number of methoxy groups -OCH3 is 1. The Bertz CT molecular complexity index is 703. The van der Waals surface area contributed by atoms with Crippen LogP contribution in [0.25, 0.3) is 0 Å². The number of ether oxygens (including phenoxy) is 2. The maximum Gasteiger partial charge on any atom is 0.254 e. The van der Waals surface area contributed by atoms with Crippen LogP contribution in [0.2, 0.25) is 0 Å². The molecule has 3 rings (SSSR count). The minimum absolute atomic E-state index is 0.0000742. The van der Waals surface area contributed by atoms with E-state index in [1.807, 2.05) is 37.3 Å². The molecule has 2 heterocycles. The van der Waals surface area contributed by atoms with E-state index in [4.69, 9.17) is 9.47 Å². The molecule has 0 bridgehead atoms. The van der Waals surface area contributed by atoms with Crippen LogP contribution in [0.4, 0.5) is 0 Å². The van der Waals surface area contributed by atoms with E-state index in [-0.39, 0.29) is 12.0 Å². The van der Waals surface area contributed by atoms with Gasteiger partial charge in [0.25, 0.3) is 5.91 Å². The number of morpholine rings is 1. The van der Waals surface area contributed by atoms with E-state index < -0.39 is 0 Å². The van der Waals surface area contributed by atoms with Crippen LogP contribution >= 0.6 is 0 Å². The van der Waals surface area contributed by atoms with Gasteiger partial charge in [-0.15, -0.1) is 0 Å². The molecule has 0 spiro atoms. The Morgan fingerprint density at radius 2 is 2.12 bits per heavy atom. The van der Waals surface area contributed by atoms with Crippen molar-refractivity contribution < 1.29 is 14.3 Å². The molecule has 1 amide bonds. The van der Waals surface area contributed by atoms with Crippen molar-refractivity contribution >= 4 is 5.91 Å². The first-order chi connectivity index (χ1) is 11.7. The summed E-state index contributed by atoms with van der Waals surface area (Å²) in [4.78, 5) is 23.2. The van der Waals surface area contributed by atoms with Gasteiger partial charge in [-0.1, -0.05) is 12.1 Å². The van der Waals surface area contributed by atoms with Gasteiger partial charge >= 0.3 is 0 Å². The Labute approximate surface area is 141 Å². The Morgan fingerprint density at radius 1 is 1.33 bits per heavy atom. The number of nitrogens with zero attached hydrogens (tertiary/aromatic N) is 3. The van der Waals surface area contributed by atoms with E-state index in [0.717, 1.165) is 11.3 Å². The molecule has 1 fully saturated rings. The van der Waals surface area contributed by atoms with Crippen LogP contribution < -0.4 is 0 Å². The lowest BCUT2D eigenvalue weighted by Gasteiger charge is -2.32. The Kier molecular flexibility index (Phi) is 5.17. The van der Waals surface area contributed by atoms with Gasteiger partial charge in [0.2, 0.25) is 0 Å². The van der Waals surface area contributed by atoms with Gasteiger partial charge in [-0.25, -0.2) is 9.97 Å². The Hall–Kier alpha value is -2.31. The van der Waals surface area contributed by atoms with Gasteiger partial charge in [-0.2, -0.15) is 0 Å². The third-order valence-electron chi connectivity index (χ3n) is 3.97. The molecule has 1 aliphatic heterocycles. The van der Waals surface area contributed by atoms with Gasteiger partial charge in [-0.3, -0.25) is 4.79 Å². The lowest BCUT2D eigenvalue weighted by Crippen LogP contribution is -2.42. The molecule has 0 saturated carbocycles. The summed E-state index contributed by atoms with van der Waals surface area (Å²) in [6, 6.07) is 9.35. The minimum atomic E-state index is -0.282. The maximum atomic E-state index is 12.7. The second kappa shape index (κ2) is 7.51. The van der Waals surface area contributed by atoms with Crippen molar-refractivity contribution in [2.75, 3.05) is 26.8 Å². The van der Waals surface area contributed by atoms with Crippen LogP contribution in [0, 0.1) is 6.92 Å². The lowest BCUT2D eigenvalue weighted by atomic mass is 10.1. The van der Waals surface area contributed by atoms with Crippen LogP contribution in [0.1, 0.15) is 33.5 Å². The monoisotopic (exact) mass is 327 g/mol. The molecule has 1 aliphatic rings. The van der Waals surface area contributed by atoms with Crippen molar-refractivity contribution in [3.8, 4) is 0 Å². The summed E-state index contributed by atoms with van der Waals surface area (Å²) in [7, 11) is 1.65. The van der Waals surface area contributed by atoms with Gasteiger partial charge in [0, 0.05) is 31.1 Å².